The van der Waals surface area contributed by atoms with Crippen LogP contribution in [0.5, 0.6) is 0 Å². The lowest BCUT2D eigenvalue weighted by Crippen LogP contribution is -2.27. The minimum absolute atomic E-state index is 0.0533. The fraction of sp³-hybridized carbons (Fsp3) is 0.583. The lowest BCUT2D eigenvalue weighted by atomic mass is 10.1. The highest BCUT2D eigenvalue weighted by molar-refractivity contribution is 5.41. The zero-order valence-corrected chi connectivity index (χ0v) is 10.3. The van der Waals surface area contributed by atoms with Gasteiger partial charge in [-0.25, -0.2) is 4.98 Å². The van der Waals surface area contributed by atoms with Gasteiger partial charge in [-0.3, -0.25) is 0 Å². The van der Waals surface area contributed by atoms with E-state index in [0.29, 0.717) is 0 Å². The molecular formula is C12H21N3. The van der Waals surface area contributed by atoms with Crippen molar-refractivity contribution in [3.8, 4) is 0 Å². The second-order valence-corrected chi connectivity index (χ2v) is 4.91. The monoisotopic (exact) mass is 207 g/mol. The fourth-order valence-electron chi connectivity index (χ4n) is 1.49. The van der Waals surface area contributed by atoms with Crippen LogP contribution in [-0.2, 0) is 6.54 Å². The Morgan fingerprint density at radius 2 is 1.93 bits per heavy atom. The summed E-state index contributed by atoms with van der Waals surface area (Å²) >= 11 is 0. The molecule has 0 radical (unpaired) electrons. The van der Waals surface area contributed by atoms with E-state index in [1.54, 1.807) is 0 Å². The summed E-state index contributed by atoms with van der Waals surface area (Å²) in [7, 11) is 1.95. The molecule has 1 rings (SSSR count). The highest BCUT2D eigenvalue weighted by Gasteiger charge is 2.10. The Balaban J connectivity index is 2.88. The molecule has 2 N–H and O–H groups in total. The third-order valence-electron chi connectivity index (χ3n) is 1.90. The molecule has 1 heterocycles. The van der Waals surface area contributed by atoms with Gasteiger partial charge in [0.05, 0.1) is 0 Å². The van der Waals surface area contributed by atoms with Crippen molar-refractivity contribution in [1.29, 1.82) is 0 Å². The van der Waals surface area contributed by atoms with Gasteiger partial charge < -0.3 is 10.6 Å². The van der Waals surface area contributed by atoms with Crippen LogP contribution in [0.2, 0.25) is 0 Å². The first-order chi connectivity index (χ1) is 6.90. The Morgan fingerprint density at radius 1 is 1.27 bits per heavy atom. The molecule has 3 nitrogen and oxygen atoms in total. The SMILES string of the molecule is CNCc1cc(C)nc(NC(C)(C)C)c1. The number of hydrogen-bond acceptors (Lipinski definition) is 3. The van der Waals surface area contributed by atoms with Crippen molar-refractivity contribution in [2.75, 3.05) is 12.4 Å². The maximum Gasteiger partial charge on any atom is 0.126 e. The Bertz CT molecular complexity index is 326. The molecule has 0 bridgehead atoms. The molecule has 0 aliphatic heterocycles. The first kappa shape index (κ1) is 12.0. The molecule has 0 spiro atoms. The van der Waals surface area contributed by atoms with Crippen molar-refractivity contribution in [1.82, 2.24) is 10.3 Å². The average Bonchev–Trinajstić information content (AvgIpc) is 1.99. The molecule has 0 saturated heterocycles. The van der Waals surface area contributed by atoms with Gasteiger partial charge >= 0.3 is 0 Å². The number of pyridine rings is 1. The number of aryl methyl sites for hydroxylation is 1. The normalized spacial score (nSPS) is 11.5. The number of hydrogen-bond donors (Lipinski definition) is 2. The quantitative estimate of drug-likeness (QED) is 0.798. The zero-order valence-electron chi connectivity index (χ0n) is 10.3. The summed E-state index contributed by atoms with van der Waals surface area (Å²) in [6.07, 6.45) is 0. The van der Waals surface area contributed by atoms with Crippen molar-refractivity contribution < 1.29 is 0 Å². The Kier molecular flexibility index (Phi) is 3.69. The van der Waals surface area contributed by atoms with Crippen LogP contribution in [0.15, 0.2) is 12.1 Å². The van der Waals surface area contributed by atoms with E-state index in [1.807, 2.05) is 14.0 Å². The summed E-state index contributed by atoms with van der Waals surface area (Å²) in [6.45, 7) is 9.30. The topological polar surface area (TPSA) is 37.0 Å². The molecule has 0 fully saturated rings. The molecule has 0 atom stereocenters. The summed E-state index contributed by atoms with van der Waals surface area (Å²) < 4.78 is 0. The minimum Gasteiger partial charge on any atom is -0.365 e. The molecule has 1 aromatic heterocycles. The third-order valence-corrected chi connectivity index (χ3v) is 1.90. The van der Waals surface area contributed by atoms with Gasteiger partial charge in [0.15, 0.2) is 0 Å². The van der Waals surface area contributed by atoms with Crippen LogP contribution in [0.25, 0.3) is 0 Å². The number of aromatic nitrogens is 1. The summed E-state index contributed by atoms with van der Waals surface area (Å²) in [5.41, 5.74) is 2.36. The van der Waals surface area contributed by atoms with E-state index in [4.69, 9.17) is 0 Å². The summed E-state index contributed by atoms with van der Waals surface area (Å²) in [5, 5.41) is 6.53. The smallest absolute Gasteiger partial charge is 0.126 e. The number of anilines is 1. The zero-order chi connectivity index (χ0) is 11.5. The van der Waals surface area contributed by atoms with Crippen molar-refractivity contribution in [2.45, 2.75) is 39.8 Å². The Labute approximate surface area is 92.3 Å². The summed E-state index contributed by atoms with van der Waals surface area (Å²) in [6, 6.07) is 4.19. The van der Waals surface area contributed by atoms with Crippen LogP contribution in [-0.4, -0.2) is 17.6 Å². The maximum atomic E-state index is 4.46. The third kappa shape index (κ3) is 4.30. The van der Waals surface area contributed by atoms with Crippen molar-refractivity contribution in [3.63, 3.8) is 0 Å². The van der Waals surface area contributed by atoms with E-state index in [9.17, 15) is 0 Å². The molecule has 0 unspecified atom stereocenters. The van der Waals surface area contributed by atoms with E-state index in [1.165, 1.54) is 5.56 Å². The van der Waals surface area contributed by atoms with Gasteiger partial charge in [0, 0.05) is 17.8 Å². The van der Waals surface area contributed by atoms with Crippen molar-refractivity contribution >= 4 is 5.82 Å². The molecule has 0 aliphatic rings. The lowest BCUT2D eigenvalue weighted by molar-refractivity contribution is 0.629. The second-order valence-electron chi connectivity index (χ2n) is 4.91. The Morgan fingerprint density at radius 3 is 2.47 bits per heavy atom. The van der Waals surface area contributed by atoms with E-state index in [2.05, 4.69) is 48.5 Å². The molecule has 3 heteroatoms. The standard InChI is InChI=1S/C12H21N3/c1-9-6-10(8-13-5)7-11(14-9)15-12(2,3)4/h6-7,13H,8H2,1-5H3,(H,14,15). The highest BCUT2D eigenvalue weighted by Crippen LogP contribution is 2.15. The molecular weight excluding hydrogens is 186 g/mol. The van der Waals surface area contributed by atoms with Gasteiger partial charge in [0.25, 0.3) is 0 Å². The van der Waals surface area contributed by atoms with Crippen LogP contribution in [0.1, 0.15) is 32.0 Å². The molecule has 0 aromatic carbocycles. The summed E-state index contributed by atoms with van der Waals surface area (Å²) in [5.74, 6) is 0.952. The second kappa shape index (κ2) is 4.62. The van der Waals surface area contributed by atoms with Crippen molar-refractivity contribution in [2.24, 2.45) is 0 Å². The van der Waals surface area contributed by atoms with Crippen LogP contribution >= 0.6 is 0 Å². The van der Waals surface area contributed by atoms with Crippen LogP contribution in [0.3, 0.4) is 0 Å². The molecule has 0 saturated carbocycles. The molecule has 0 amide bonds. The summed E-state index contributed by atoms with van der Waals surface area (Å²) in [4.78, 5) is 4.46. The van der Waals surface area contributed by atoms with E-state index in [0.717, 1.165) is 18.1 Å². The van der Waals surface area contributed by atoms with Gasteiger partial charge in [-0.1, -0.05) is 0 Å². The number of nitrogens with one attached hydrogen (secondary N) is 2. The maximum absolute atomic E-state index is 4.46. The minimum atomic E-state index is 0.0533. The highest BCUT2D eigenvalue weighted by atomic mass is 15.0. The van der Waals surface area contributed by atoms with Gasteiger partial charge in [0.1, 0.15) is 5.82 Å². The average molecular weight is 207 g/mol. The van der Waals surface area contributed by atoms with Crippen LogP contribution < -0.4 is 10.6 Å². The molecule has 15 heavy (non-hydrogen) atoms. The van der Waals surface area contributed by atoms with Crippen LogP contribution in [0, 0.1) is 6.92 Å². The predicted molar refractivity (Wildman–Crippen MR) is 65.1 cm³/mol. The van der Waals surface area contributed by atoms with E-state index < -0.39 is 0 Å². The van der Waals surface area contributed by atoms with Gasteiger partial charge in [-0.05, 0) is 52.4 Å². The molecule has 0 aliphatic carbocycles. The van der Waals surface area contributed by atoms with Gasteiger partial charge in [-0.15, -0.1) is 0 Å². The predicted octanol–water partition coefficient (Wildman–Crippen LogP) is 2.32. The fourth-order valence-corrected chi connectivity index (χ4v) is 1.49. The van der Waals surface area contributed by atoms with Gasteiger partial charge in [0.2, 0.25) is 0 Å². The first-order valence-electron chi connectivity index (χ1n) is 5.31. The Hall–Kier alpha value is -1.09. The number of nitrogens with zero attached hydrogens (tertiary/aromatic N) is 1. The lowest BCUT2D eigenvalue weighted by Gasteiger charge is -2.22. The van der Waals surface area contributed by atoms with E-state index in [-0.39, 0.29) is 5.54 Å². The molecule has 1 aromatic rings. The van der Waals surface area contributed by atoms with E-state index >= 15 is 0 Å². The van der Waals surface area contributed by atoms with Gasteiger partial charge in [-0.2, -0.15) is 0 Å². The van der Waals surface area contributed by atoms with Crippen molar-refractivity contribution in [3.05, 3.63) is 23.4 Å². The first-order valence-corrected chi connectivity index (χ1v) is 5.31. The largest absolute Gasteiger partial charge is 0.365 e. The number of rotatable bonds is 3. The van der Waals surface area contributed by atoms with Crippen LogP contribution in [0.4, 0.5) is 5.82 Å². The molecule has 84 valence electrons.